The molecule has 2 aromatic carbocycles. The highest BCUT2D eigenvalue weighted by Gasteiger charge is 2.31. The molecule has 0 bridgehead atoms. The fraction of sp³-hybridized carbons (Fsp3) is 0.423. The van der Waals surface area contributed by atoms with Crippen LogP contribution in [0.5, 0.6) is 23.3 Å². The van der Waals surface area contributed by atoms with E-state index in [2.05, 4.69) is 14.6 Å². The number of halogens is 3. The zero-order valence-electron chi connectivity index (χ0n) is 20.9. The Bertz CT molecular complexity index is 1300. The van der Waals surface area contributed by atoms with Crippen molar-refractivity contribution in [1.82, 2.24) is 9.55 Å². The molecule has 1 atom stereocenters. The summed E-state index contributed by atoms with van der Waals surface area (Å²) in [6.45, 7) is 3.01. The molecule has 2 aliphatic heterocycles. The Hall–Kier alpha value is -4.16. The van der Waals surface area contributed by atoms with Crippen molar-refractivity contribution in [2.24, 2.45) is 0 Å². The summed E-state index contributed by atoms with van der Waals surface area (Å²) in [5, 5.41) is 10.9. The molecule has 0 spiro atoms. The summed E-state index contributed by atoms with van der Waals surface area (Å²) in [5.41, 5.74) is 2.33. The molecule has 39 heavy (non-hydrogen) atoms. The van der Waals surface area contributed by atoms with Gasteiger partial charge >= 0.3 is 18.2 Å². The van der Waals surface area contributed by atoms with Crippen LogP contribution < -0.4 is 23.8 Å². The molecular formula is C26H27F3N4O6. The zero-order valence-corrected chi connectivity index (χ0v) is 20.9. The monoisotopic (exact) mass is 548 g/mol. The number of nitrogens with zero attached hydrogens (tertiary/aromatic N) is 4. The Morgan fingerprint density at radius 3 is 2.62 bits per heavy atom. The number of ether oxygens (including phenoxy) is 4. The van der Waals surface area contributed by atoms with Crippen LogP contribution in [0.4, 0.5) is 24.7 Å². The average molecular weight is 549 g/mol. The lowest BCUT2D eigenvalue weighted by Gasteiger charge is -2.31. The van der Waals surface area contributed by atoms with Crippen LogP contribution in [0.3, 0.4) is 0 Å². The third kappa shape index (κ3) is 6.84. The molecule has 0 radical (unpaired) electrons. The first-order chi connectivity index (χ1) is 18.7. The Labute approximate surface area is 222 Å². The second kappa shape index (κ2) is 11.3. The van der Waals surface area contributed by atoms with Gasteiger partial charge in [0.25, 0.3) is 0 Å². The fourth-order valence-electron chi connectivity index (χ4n) is 4.68. The van der Waals surface area contributed by atoms with Gasteiger partial charge in [0.1, 0.15) is 36.2 Å². The van der Waals surface area contributed by atoms with Gasteiger partial charge in [0.15, 0.2) is 0 Å². The van der Waals surface area contributed by atoms with Crippen molar-refractivity contribution in [3.05, 3.63) is 64.3 Å². The minimum absolute atomic E-state index is 0.231. The summed E-state index contributed by atoms with van der Waals surface area (Å²) in [6, 6.07) is 11.6. The van der Waals surface area contributed by atoms with Crippen molar-refractivity contribution in [3.63, 3.8) is 0 Å². The highest BCUT2D eigenvalue weighted by Crippen LogP contribution is 2.31. The number of hydrogen-bond acceptors (Lipinski definition) is 8. The number of benzene rings is 2. The molecule has 0 amide bonds. The summed E-state index contributed by atoms with van der Waals surface area (Å²) in [4.78, 5) is 16.6. The van der Waals surface area contributed by atoms with Gasteiger partial charge in [-0.25, -0.2) is 0 Å². The van der Waals surface area contributed by atoms with Crippen LogP contribution in [0.2, 0.25) is 0 Å². The van der Waals surface area contributed by atoms with Gasteiger partial charge in [0, 0.05) is 36.7 Å². The van der Waals surface area contributed by atoms with E-state index in [0.717, 1.165) is 43.8 Å². The van der Waals surface area contributed by atoms with Gasteiger partial charge in [0.05, 0.1) is 6.61 Å². The molecule has 0 aliphatic carbocycles. The van der Waals surface area contributed by atoms with Crippen LogP contribution in [0, 0.1) is 10.1 Å². The quantitative estimate of drug-likeness (QED) is 0.195. The molecule has 208 valence electrons. The van der Waals surface area contributed by atoms with Gasteiger partial charge < -0.3 is 34.0 Å². The van der Waals surface area contributed by atoms with Crippen molar-refractivity contribution in [2.75, 3.05) is 31.2 Å². The third-order valence-electron chi connectivity index (χ3n) is 6.48. The van der Waals surface area contributed by atoms with Crippen LogP contribution in [-0.2, 0) is 13.0 Å². The highest BCUT2D eigenvalue weighted by molar-refractivity contribution is 5.58. The van der Waals surface area contributed by atoms with E-state index < -0.39 is 11.3 Å². The molecule has 0 saturated carbocycles. The van der Waals surface area contributed by atoms with Crippen LogP contribution in [-0.4, -0.2) is 53.2 Å². The number of anilines is 1. The first-order valence-electron chi connectivity index (χ1n) is 12.6. The van der Waals surface area contributed by atoms with Crippen molar-refractivity contribution < 1.29 is 37.0 Å². The lowest BCUT2D eigenvalue weighted by atomic mass is 10.0. The van der Waals surface area contributed by atoms with Gasteiger partial charge in [-0.05, 0) is 72.2 Å². The minimum atomic E-state index is -4.72. The summed E-state index contributed by atoms with van der Waals surface area (Å²) in [6.07, 6.45) is -0.249. The number of rotatable bonds is 10. The molecule has 13 heteroatoms. The maximum Gasteiger partial charge on any atom is 0.573 e. The molecule has 3 heterocycles. The van der Waals surface area contributed by atoms with Crippen molar-refractivity contribution >= 4 is 11.5 Å². The number of hydrogen-bond donors (Lipinski definition) is 0. The molecule has 0 fully saturated rings. The van der Waals surface area contributed by atoms with Crippen LogP contribution in [0.1, 0.15) is 24.8 Å². The van der Waals surface area contributed by atoms with Gasteiger partial charge in [-0.15, -0.1) is 13.2 Å². The van der Waals surface area contributed by atoms with Crippen molar-refractivity contribution in [2.45, 2.75) is 44.7 Å². The molecule has 5 rings (SSSR count). The summed E-state index contributed by atoms with van der Waals surface area (Å²) >= 11 is 0. The van der Waals surface area contributed by atoms with Crippen LogP contribution in [0.15, 0.2) is 48.7 Å². The van der Waals surface area contributed by atoms with Crippen LogP contribution in [0.25, 0.3) is 0 Å². The molecule has 0 N–H and O–H groups in total. The fourth-order valence-corrected chi connectivity index (χ4v) is 4.68. The lowest BCUT2D eigenvalue weighted by Crippen LogP contribution is -2.32. The number of alkyl halides is 3. The molecule has 0 unspecified atom stereocenters. The van der Waals surface area contributed by atoms with Crippen molar-refractivity contribution in [1.29, 1.82) is 0 Å². The summed E-state index contributed by atoms with van der Waals surface area (Å²) < 4.78 is 59.8. The molecule has 3 aromatic rings. The highest BCUT2D eigenvalue weighted by atomic mass is 19.4. The number of fused-ring (bicyclic) bond motifs is 2. The molecule has 10 nitrogen and oxygen atoms in total. The third-order valence-corrected chi connectivity index (χ3v) is 6.48. The normalized spacial score (nSPS) is 16.6. The van der Waals surface area contributed by atoms with Gasteiger partial charge in [-0.2, -0.15) is 0 Å². The Morgan fingerprint density at radius 1 is 1.08 bits per heavy atom. The van der Waals surface area contributed by atoms with Gasteiger partial charge in [-0.3, -0.25) is 4.57 Å². The maximum atomic E-state index is 12.3. The van der Waals surface area contributed by atoms with Gasteiger partial charge in [-0.1, -0.05) is 0 Å². The van der Waals surface area contributed by atoms with E-state index in [-0.39, 0.29) is 23.7 Å². The van der Waals surface area contributed by atoms with Crippen molar-refractivity contribution in [3.8, 4) is 23.3 Å². The maximum absolute atomic E-state index is 12.3. The topological polar surface area (TPSA) is 101 Å². The number of nitro groups is 1. The Kier molecular flexibility index (Phi) is 7.66. The van der Waals surface area contributed by atoms with E-state index in [1.165, 1.54) is 36.0 Å². The number of imidazole rings is 1. The largest absolute Gasteiger partial charge is 0.573 e. The smallest absolute Gasteiger partial charge is 0.494 e. The van der Waals surface area contributed by atoms with E-state index >= 15 is 0 Å². The predicted molar refractivity (Wildman–Crippen MR) is 134 cm³/mol. The molecule has 0 saturated heterocycles. The number of aromatic nitrogens is 2. The Balaban J connectivity index is 1.09. The summed E-state index contributed by atoms with van der Waals surface area (Å²) in [7, 11) is 0. The van der Waals surface area contributed by atoms with Crippen LogP contribution >= 0.6 is 0 Å². The standard InChI is InChI=1S/C26H27F3N4O6/c27-26(28,29)39-20-6-4-19(5-7-20)36-14-2-12-31-11-1-3-18-15-21(8-9-23(18)31)37-17-22-10-13-32-16-24(33(34)35)30-25(32)38-22/h4-9,15-16,22H,1-3,10-14,17H2/t22-/m1/s1. The van der Waals surface area contributed by atoms with Gasteiger partial charge in [0.2, 0.25) is 0 Å². The zero-order chi connectivity index (χ0) is 27.4. The van der Waals surface area contributed by atoms with E-state index in [1.54, 1.807) is 4.57 Å². The molecular weight excluding hydrogens is 521 g/mol. The second-order valence-corrected chi connectivity index (χ2v) is 9.27. The lowest BCUT2D eigenvalue weighted by molar-refractivity contribution is -0.389. The molecule has 1 aromatic heterocycles. The van der Waals surface area contributed by atoms with E-state index in [4.69, 9.17) is 14.2 Å². The summed E-state index contributed by atoms with van der Waals surface area (Å²) in [5.74, 6) is 0.702. The number of aryl methyl sites for hydroxylation is 2. The minimum Gasteiger partial charge on any atom is -0.494 e. The SMILES string of the molecule is O=[N+]([O-])c1cn2c(n1)O[C@@H](COc1ccc3c(c1)CCCN3CCCOc1ccc(OC(F)(F)F)cc1)CC2. The molecule has 2 aliphatic rings. The average Bonchev–Trinajstić information content (AvgIpc) is 3.34. The predicted octanol–water partition coefficient (Wildman–Crippen LogP) is 5.14. The first-order valence-corrected chi connectivity index (χ1v) is 12.6. The van der Waals surface area contributed by atoms with E-state index in [1.807, 2.05) is 18.2 Å². The van der Waals surface area contributed by atoms with E-state index in [9.17, 15) is 23.3 Å². The van der Waals surface area contributed by atoms with E-state index in [0.29, 0.717) is 31.9 Å². The first kappa shape index (κ1) is 26.4. The second-order valence-electron chi connectivity index (χ2n) is 9.27. The Morgan fingerprint density at radius 2 is 1.85 bits per heavy atom.